The number of para-hydroxylation sites is 2. The van der Waals surface area contributed by atoms with Crippen molar-refractivity contribution in [1.82, 2.24) is 4.98 Å². The Bertz CT molecular complexity index is 598. The minimum absolute atomic E-state index is 0.359. The van der Waals surface area contributed by atoms with Crippen molar-refractivity contribution in [1.29, 1.82) is 0 Å². The summed E-state index contributed by atoms with van der Waals surface area (Å²) in [5.41, 5.74) is 6.81. The van der Waals surface area contributed by atoms with E-state index >= 15 is 0 Å². The van der Waals surface area contributed by atoms with Crippen LogP contribution < -0.4 is 10.5 Å². The fourth-order valence-corrected chi connectivity index (χ4v) is 2.55. The lowest BCUT2D eigenvalue weighted by Gasteiger charge is -2.07. The normalized spacial score (nSPS) is 10.3. The first-order valence-electron chi connectivity index (χ1n) is 6.79. The molecule has 1 heterocycles. The van der Waals surface area contributed by atoms with Gasteiger partial charge in [0.2, 0.25) is 0 Å². The van der Waals surface area contributed by atoms with Gasteiger partial charge in [-0.1, -0.05) is 12.1 Å². The molecule has 0 spiro atoms. The van der Waals surface area contributed by atoms with E-state index in [0.29, 0.717) is 30.3 Å². The quantitative estimate of drug-likeness (QED) is 0.483. The van der Waals surface area contributed by atoms with E-state index in [0.717, 1.165) is 17.8 Å². The fraction of sp³-hybridized carbons (Fsp3) is 0.333. The smallest absolute Gasteiger partial charge is 0.357 e. The number of benzene rings is 1. The van der Waals surface area contributed by atoms with Crippen LogP contribution >= 0.6 is 11.3 Å². The molecule has 21 heavy (non-hydrogen) atoms. The van der Waals surface area contributed by atoms with Gasteiger partial charge in [0.25, 0.3) is 0 Å². The lowest BCUT2D eigenvalue weighted by atomic mass is 10.3. The Kier molecular flexibility index (Phi) is 5.57. The van der Waals surface area contributed by atoms with E-state index in [1.807, 2.05) is 24.3 Å². The van der Waals surface area contributed by atoms with Gasteiger partial charge in [0.05, 0.1) is 23.9 Å². The summed E-state index contributed by atoms with van der Waals surface area (Å²) in [6.45, 7) is 2.69. The van der Waals surface area contributed by atoms with Gasteiger partial charge in [0.15, 0.2) is 5.69 Å². The number of aryl methyl sites for hydroxylation is 1. The first-order chi connectivity index (χ1) is 10.2. The minimum atomic E-state index is -0.367. The number of aromatic nitrogens is 1. The number of nitrogens with two attached hydrogens (primary N) is 1. The van der Waals surface area contributed by atoms with Gasteiger partial charge in [-0.3, -0.25) is 0 Å². The van der Waals surface area contributed by atoms with Crippen molar-refractivity contribution in [3.05, 3.63) is 40.3 Å². The van der Waals surface area contributed by atoms with Crippen molar-refractivity contribution < 1.29 is 14.3 Å². The lowest BCUT2D eigenvalue weighted by Crippen LogP contribution is -2.05. The van der Waals surface area contributed by atoms with E-state index in [4.69, 9.17) is 15.2 Å². The number of carbonyl (C=O) groups excluding carboxylic acids is 1. The summed E-state index contributed by atoms with van der Waals surface area (Å²) < 4.78 is 10.5. The highest BCUT2D eigenvalue weighted by atomic mass is 32.1. The molecule has 0 saturated carbocycles. The van der Waals surface area contributed by atoms with Crippen LogP contribution in [-0.2, 0) is 11.2 Å². The summed E-state index contributed by atoms with van der Waals surface area (Å²) >= 11 is 1.46. The Balaban J connectivity index is 1.76. The number of ether oxygens (including phenoxy) is 2. The van der Waals surface area contributed by atoms with Gasteiger partial charge < -0.3 is 15.2 Å². The number of hydrogen-bond acceptors (Lipinski definition) is 6. The number of hydrogen-bond donors (Lipinski definition) is 1. The van der Waals surface area contributed by atoms with Crippen molar-refractivity contribution in [3.63, 3.8) is 0 Å². The van der Waals surface area contributed by atoms with Crippen LogP contribution in [0.5, 0.6) is 5.75 Å². The predicted octanol–water partition coefficient (Wildman–Crippen LogP) is 2.91. The molecule has 0 atom stereocenters. The number of anilines is 1. The molecule has 0 unspecified atom stereocenters. The molecule has 1 aromatic heterocycles. The van der Waals surface area contributed by atoms with Gasteiger partial charge in [0, 0.05) is 11.8 Å². The second kappa shape index (κ2) is 7.64. The molecular weight excluding hydrogens is 288 g/mol. The summed E-state index contributed by atoms with van der Waals surface area (Å²) in [5, 5.41) is 2.63. The van der Waals surface area contributed by atoms with Crippen molar-refractivity contribution >= 4 is 23.0 Å². The van der Waals surface area contributed by atoms with Crippen molar-refractivity contribution in [2.45, 2.75) is 19.8 Å². The van der Waals surface area contributed by atoms with Gasteiger partial charge in [-0.2, -0.15) is 0 Å². The van der Waals surface area contributed by atoms with Crippen LogP contribution in [-0.4, -0.2) is 24.2 Å². The van der Waals surface area contributed by atoms with Crippen molar-refractivity contribution in [2.24, 2.45) is 0 Å². The summed E-state index contributed by atoms with van der Waals surface area (Å²) in [6, 6.07) is 7.41. The number of thiazole rings is 1. The Morgan fingerprint density at radius 3 is 2.95 bits per heavy atom. The second-order valence-electron chi connectivity index (χ2n) is 4.34. The van der Waals surface area contributed by atoms with E-state index in [9.17, 15) is 4.79 Å². The largest absolute Gasteiger partial charge is 0.491 e. The minimum Gasteiger partial charge on any atom is -0.491 e. The molecular formula is C15H18N2O3S. The van der Waals surface area contributed by atoms with Crippen molar-refractivity contribution in [3.8, 4) is 5.75 Å². The maximum Gasteiger partial charge on any atom is 0.357 e. The maximum absolute atomic E-state index is 11.5. The van der Waals surface area contributed by atoms with Crippen LogP contribution in [0.2, 0.25) is 0 Å². The molecule has 0 amide bonds. The third-order valence-electron chi connectivity index (χ3n) is 2.75. The molecule has 0 aliphatic carbocycles. The molecule has 112 valence electrons. The molecule has 0 bridgehead atoms. The van der Waals surface area contributed by atoms with Gasteiger partial charge in [-0.05, 0) is 25.5 Å². The van der Waals surface area contributed by atoms with Crippen LogP contribution in [0.4, 0.5) is 5.69 Å². The molecule has 2 aromatic rings. The molecule has 2 rings (SSSR count). The number of nitrogen functional groups attached to an aromatic ring is 1. The van der Waals surface area contributed by atoms with Gasteiger partial charge in [-0.25, -0.2) is 9.78 Å². The molecule has 1 aromatic carbocycles. The Labute approximate surface area is 127 Å². The monoisotopic (exact) mass is 306 g/mol. The average molecular weight is 306 g/mol. The molecule has 2 N–H and O–H groups in total. The zero-order chi connectivity index (χ0) is 15.1. The van der Waals surface area contributed by atoms with E-state index in [1.165, 1.54) is 11.3 Å². The highest BCUT2D eigenvalue weighted by Crippen LogP contribution is 2.20. The van der Waals surface area contributed by atoms with E-state index in [1.54, 1.807) is 12.3 Å². The Hall–Kier alpha value is -2.08. The fourth-order valence-electron chi connectivity index (χ4n) is 1.74. The topological polar surface area (TPSA) is 74.4 Å². The van der Waals surface area contributed by atoms with E-state index < -0.39 is 0 Å². The standard InChI is InChI=1S/C15H18N2O3S/c1-2-19-15(18)12-10-21-14(17-12)8-5-9-20-13-7-4-3-6-11(13)16/h3-4,6-7,10H,2,5,8-9,16H2,1H3. The van der Waals surface area contributed by atoms with Crippen LogP contribution in [0.3, 0.4) is 0 Å². The Morgan fingerprint density at radius 1 is 1.38 bits per heavy atom. The molecule has 0 saturated heterocycles. The van der Waals surface area contributed by atoms with E-state index in [-0.39, 0.29) is 5.97 Å². The van der Waals surface area contributed by atoms with Crippen LogP contribution in [0.25, 0.3) is 0 Å². The lowest BCUT2D eigenvalue weighted by molar-refractivity contribution is 0.0520. The number of nitrogens with zero attached hydrogens (tertiary/aromatic N) is 1. The number of carbonyl (C=O) groups is 1. The van der Waals surface area contributed by atoms with Gasteiger partial charge in [-0.15, -0.1) is 11.3 Å². The third-order valence-corrected chi connectivity index (χ3v) is 3.66. The van der Waals surface area contributed by atoms with E-state index in [2.05, 4.69) is 4.98 Å². The SMILES string of the molecule is CCOC(=O)c1csc(CCCOc2ccccc2N)n1. The zero-order valence-electron chi connectivity index (χ0n) is 11.9. The first-order valence-corrected chi connectivity index (χ1v) is 7.67. The average Bonchev–Trinajstić information content (AvgIpc) is 2.94. The Morgan fingerprint density at radius 2 is 2.19 bits per heavy atom. The third kappa shape index (κ3) is 4.46. The highest BCUT2D eigenvalue weighted by Gasteiger charge is 2.11. The summed E-state index contributed by atoms with van der Waals surface area (Å²) in [5.74, 6) is 0.331. The summed E-state index contributed by atoms with van der Waals surface area (Å²) in [4.78, 5) is 15.7. The molecule has 0 aliphatic rings. The molecule has 5 nitrogen and oxygen atoms in total. The van der Waals surface area contributed by atoms with Gasteiger partial charge >= 0.3 is 5.97 Å². The van der Waals surface area contributed by atoms with Crippen LogP contribution in [0.1, 0.15) is 28.8 Å². The zero-order valence-corrected chi connectivity index (χ0v) is 12.7. The molecule has 0 radical (unpaired) electrons. The van der Waals surface area contributed by atoms with Crippen molar-refractivity contribution in [2.75, 3.05) is 18.9 Å². The van der Waals surface area contributed by atoms with Crippen LogP contribution in [0.15, 0.2) is 29.6 Å². The molecule has 0 aliphatic heterocycles. The predicted molar refractivity (Wildman–Crippen MR) is 82.7 cm³/mol. The second-order valence-corrected chi connectivity index (χ2v) is 5.28. The summed E-state index contributed by atoms with van der Waals surface area (Å²) in [6.07, 6.45) is 1.57. The maximum atomic E-state index is 11.5. The van der Waals surface area contributed by atoms with Crippen LogP contribution in [0, 0.1) is 0 Å². The molecule has 6 heteroatoms. The molecule has 0 fully saturated rings. The highest BCUT2D eigenvalue weighted by molar-refractivity contribution is 7.09. The number of rotatable bonds is 7. The van der Waals surface area contributed by atoms with Gasteiger partial charge in [0.1, 0.15) is 5.75 Å². The number of esters is 1. The first kappa shape index (κ1) is 15.3. The summed E-state index contributed by atoms with van der Waals surface area (Å²) in [7, 11) is 0.